The Morgan fingerprint density at radius 3 is 2.94 bits per heavy atom. The normalized spacial score (nSPS) is 10.6. The van der Waals surface area contributed by atoms with Crippen LogP contribution in [0.2, 0.25) is 0 Å². The smallest absolute Gasteiger partial charge is 0.221 e. The van der Waals surface area contributed by atoms with E-state index >= 15 is 0 Å². The maximum Gasteiger partial charge on any atom is 0.221 e. The van der Waals surface area contributed by atoms with E-state index in [0.29, 0.717) is 19.1 Å². The molecule has 0 unspecified atom stereocenters. The van der Waals surface area contributed by atoms with Crippen LogP contribution in [0.25, 0.3) is 10.8 Å². The first kappa shape index (κ1) is 11.4. The van der Waals surface area contributed by atoms with Crippen LogP contribution in [0.15, 0.2) is 34.9 Å². The third kappa shape index (κ3) is 2.51. The lowest BCUT2D eigenvalue weighted by atomic mass is 10.2. The van der Waals surface area contributed by atoms with Gasteiger partial charge in [0.25, 0.3) is 0 Å². The van der Waals surface area contributed by atoms with Crippen LogP contribution in [0.4, 0.5) is 0 Å². The molecule has 0 aliphatic rings. The number of fused-ring (bicyclic) bond motifs is 1. The highest BCUT2D eigenvalue weighted by Crippen LogP contribution is 2.25. The molecule has 0 atom stereocenters. The standard InChI is InChI=1S/C12H12BrNO2/c1-15-6-7-16-12-11-3-2-10(13)8-9(11)4-5-14-12/h2-5,8H,6-7H2,1H3. The summed E-state index contributed by atoms with van der Waals surface area (Å²) in [6.07, 6.45) is 1.75. The average Bonchev–Trinajstić information content (AvgIpc) is 2.29. The molecule has 0 bridgehead atoms. The van der Waals surface area contributed by atoms with Gasteiger partial charge in [-0.25, -0.2) is 4.98 Å². The lowest BCUT2D eigenvalue weighted by Crippen LogP contribution is -2.05. The minimum Gasteiger partial charge on any atom is -0.475 e. The van der Waals surface area contributed by atoms with Crippen LogP contribution >= 0.6 is 15.9 Å². The number of rotatable bonds is 4. The summed E-state index contributed by atoms with van der Waals surface area (Å²) in [4.78, 5) is 4.22. The van der Waals surface area contributed by atoms with Gasteiger partial charge in [0.1, 0.15) is 6.61 Å². The van der Waals surface area contributed by atoms with Crippen LogP contribution in [-0.2, 0) is 4.74 Å². The van der Waals surface area contributed by atoms with Crippen molar-refractivity contribution in [3.63, 3.8) is 0 Å². The summed E-state index contributed by atoms with van der Waals surface area (Å²) in [5.74, 6) is 0.655. The zero-order chi connectivity index (χ0) is 11.4. The van der Waals surface area contributed by atoms with E-state index in [0.717, 1.165) is 15.2 Å². The van der Waals surface area contributed by atoms with E-state index in [1.807, 2.05) is 24.3 Å². The number of hydrogen-bond acceptors (Lipinski definition) is 3. The third-order valence-electron chi connectivity index (χ3n) is 2.22. The van der Waals surface area contributed by atoms with Gasteiger partial charge in [-0.2, -0.15) is 0 Å². The van der Waals surface area contributed by atoms with Crippen molar-refractivity contribution < 1.29 is 9.47 Å². The molecule has 0 spiro atoms. The first-order chi connectivity index (χ1) is 7.81. The molecule has 0 radical (unpaired) electrons. The molecule has 0 aliphatic heterocycles. The second kappa shape index (κ2) is 5.27. The summed E-state index contributed by atoms with van der Waals surface area (Å²) >= 11 is 3.44. The van der Waals surface area contributed by atoms with Crippen molar-refractivity contribution in [1.82, 2.24) is 4.98 Å². The highest BCUT2D eigenvalue weighted by Gasteiger charge is 2.03. The van der Waals surface area contributed by atoms with Gasteiger partial charge in [-0.05, 0) is 29.7 Å². The summed E-state index contributed by atoms with van der Waals surface area (Å²) < 4.78 is 11.5. The Bertz CT molecular complexity index is 487. The first-order valence-electron chi connectivity index (χ1n) is 4.97. The number of ether oxygens (including phenoxy) is 2. The maximum atomic E-state index is 5.55. The zero-order valence-corrected chi connectivity index (χ0v) is 10.5. The Balaban J connectivity index is 2.30. The molecule has 1 aromatic carbocycles. The lowest BCUT2D eigenvalue weighted by Gasteiger charge is -2.07. The van der Waals surface area contributed by atoms with Crippen LogP contribution < -0.4 is 4.74 Å². The fraction of sp³-hybridized carbons (Fsp3) is 0.250. The molecule has 16 heavy (non-hydrogen) atoms. The maximum absolute atomic E-state index is 5.55. The number of nitrogens with zero attached hydrogens (tertiary/aromatic N) is 1. The number of halogens is 1. The fourth-order valence-corrected chi connectivity index (χ4v) is 1.84. The highest BCUT2D eigenvalue weighted by molar-refractivity contribution is 9.10. The van der Waals surface area contributed by atoms with E-state index in [-0.39, 0.29) is 0 Å². The highest BCUT2D eigenvalue weighted by atomic mass is 79.9. The molecular formula is C12H12BrNO2. The molecule has 2 rings (SSSR count). The SMILES string of the molecule is COCCOc1nccc2cc(Br)ccc12. The minimum atomic E-state index is 0.513. The number of pyridine rings is 1. The monoisotopic (exact) mass is 281 g/mol. The van der Waals surface area contributed by atoms with Gasteiger partial charge in [0.15, 0.2) is 0 Å². The molecule has 0 fully saturated rings. The van der Waals surface area contributed by atoms with Crippen LogP contribution in [0.3, 0.4) is 0 Å². The van der Waals surface area contributed by atoms with Crippen LogP contribution in [0.5, 0.6) is 5.88 Å². The Labute approximate surface area is 103 Å². The molecule has 0 N–H and O–H groups in total. The van der Waals surface area contributed by atoms with Gasteiger partial charge >= 0.3 is 0 Å². The largest absolute Gasteiger partial charge is 0.475 e. The van der Waals surface area contributed by atoms with Gasteiger partial charge in [0.2, 0.25) is 5.88 Å². The average molecular weight is 282 g/mol. The van der Waals surface area contributed by atoms with Gasteiger partial charge in [-0.1, -0.05) is 15.9 Å². The molecule has 0 amide bonds. The second-order valence-electron chi connectivity index (χ2n) is 3.32. The number of aromatic nitrogens is 1. The Morgan fingerprint density at radius 1 is 1.25 bits per heavy atom. The molecular weight excluding hydrogens is 270 g/mol. The van der Waals surface area contributed by atoms with E-state index in [2.05, 4.69) is 20.9 Å². The second-order valence-corrected chi connectivity index (χ2v) is 4.24. The Hall–Kier alpha value is -1.13. The fourth-order valence-electron chi connectivity index (χ4n) is 1.46. The Kier molecular flexibility index (Phi) is 3.74. The number of benzene rings is 1. The van der Waals surface area contributed by atoms with Crippen molar-refractivity contribution >= 4 is 26.7 Å². The summed E-state index contributed by atoms with van der Waals surface area (Å²) in [6, 6.07) is 7.98. The molecule has 0 aliphatic carbocycles. The predicted octanol–water partition coefficient (Wildman–Crippen LogP) is 3.02. The predicted molar refractivity (Wildman–Crippen MR) is 66.8 cm³/mol. The summed E-state index contributed by atoms with van der Waals surface area (Å²) in [7, 11) is 1.65. The van der Waals surface area contributed by atoms with E-state index < -0.39 is 0 Å². The number of hydrogen-bond donors (Lipinski definition) is 0. The summed E-state index contributed by atoms with van der Waals surface area (Å²) in [5.41, 5.74) is 0. The summed E-state index contributed by atoms with van der Waals surface area (Å²) in [5, 5.41) is 2.12. The van der Waals surface area contributed by atoms with Crippen molar-refractivity contribution in [2.45, 2.75) is 0 Å². The molecule has 1 heterocycles. The molecule has 84 valence electrons. The quantitative estimate of drug-likeness (QED) is 0.808. The lowest BCUT2D eigenvalue weighted by molar-refractivity contribution is 0.144. The number of methoxy groups -OCH3 is 1. The summed E-state index contributed by atoms with van der Waals surface area (Å²) in [6.45, 7) is 1.08. The first-order valence-corrected chi connectivity index (χ1v) is 5.76. The molecule has 4 heteroatoms. The van der Waals surface area contributed by atoms with Gasteiger partial charge in [-0.3, -0.25) is 0 Å². The Morgan fingerprint density at radius 2 is 2.12 bits per heavy atom. The molecule has 1 aromatic heterocycles. The van der Waals surface area contributed by atoms with E-state index in [9.17, 15) is 0 Å². The van der Waals surface area contributed by atoms with Crippen molar-refractivity contribution in [2.24, 2.45) is 0 Å². The van der Waals surface area contributed by atoms with Crippen molar-refractivity contribution in [2.75, 3.05) is 20.3 Å². The van der Waals surface area contributed by atoms with Crippen LogP contribution in [-0.4, -0.2) is 25.3 Å². The van der Waals surface area contributed by atoms with Gasteiger partial charge in [-0.15, -0.1) is 0 Å². The van der Waals surface area contributed by atoms with Gasteiger partial charge in [0.05, 0.1) is 6.61 Å². The van der Waals surface area contributed by atoms with Crippen LogP contribution in [0.1, 0.15) is 0 Å². The topological polar surface area (TPSA) is 31.4 Å². The van der Waals surface area contributed by atoms with Crippen molar-refractivity contribution in [1.29, 1.82) is 0 Å². The zero-order valence-electron chi connectivity index (χ0n) is 8.94. The molecule has 0 saturated heterocycles. The molecule has 2 aromatic rings. The van der Waals surface area contributed by atoms with E-state index in [1.165, 1.54) is 0 Å². The molecule has 3 nitrogen and oxygen atoms in total. The van der Waals surface area contributed by atoms with Crippen molar-refractivity contribution in [3.8, 4) is 5.88 Å². The van der Waals surface area contributed by atoms with Crippen molar-refractivity contribution in [3.05, 3.63) is 34.9 Å². The minimum absolute atomic E-state index is 0.513. The van der Waals surface area contributed by atoms with Gasteiger partial charge < -0.3 is 9.47 Å². The van der Waals surface area contributed by atoms with E-state index in [1.54, 1.807) is 13.3 Å². The van der Waals surface area contributed by atoms with Gasteiger partial charge in [0, 0.05) is 23.2 Å². The molecule has 0 saturated carbocycles. The van der Waals surface area contributed by atoms with E-state index in [4.69, 9.17) is 9.47 Å². The third-order valence-corrected chi connectivity index (χ3v) is 2.71. The van der Waals surface area contributed by atoms with Crippen LogP contribution in [0, 0.1) is 0 Å².